The molecule has 0 amide bonds. The zero-order valence-electron chi connectivity index (χ0n) is 11.5. The molecule has 1 fully saturated rings. The highest BCUT2D eigenvalue weighted by atomic mass is 16.5. The smallest absolute Gasteiger partial charge is 0.0615 e. The predicted octanol–water partition coefficient (Wildman–Crippen LogP) is 1.86. The second-order valence-corrected chi connectivity index (χ2v) is 5.76. The van der Waals surface area contributed by atoms with E-state index < -0.39 is 0 Å². The van der Waals surface area contributed by atoms with Gasteiger partial charge in [0, 0.05) is 25.2 Å². The highest BCUT2D eigenvalue weighted by Crippen LogP contribution is 2.39. The number of hydrogen-bond donors (Lipinski definition) is 1. The van der Waals surface area contributed by atoms with Crippen LogP contribution in [-0.4, -0.2) is 43.3 Å². The maximum absolute atomic E-state index is 6.38. The van der Waals surface area contributed by atoms with Crippen LogP contribution in [0.1, 0.15) is 40.5 Å². The summed E-state index contributed by atoms with van der Waals surface area (Å²) in [6.07, 6.45) is 2.45. The van der Waals surface area contributed by atoms with E-state index in [2.05, 4.69) is 32.6 Å². The van der Waals surface area contributed by atoms with Crippen LogP contribution in [0.5, 0.6) is 0 Å². The maximum atomic E-state index is 6.38. The standard InChI is InChI=1S/C13H28N2O/c1-6-15(10(2)9-16-5)11-7-8-13(3,4)12(11)14/h10-12H,6-9,14H2,1-5H3. The number of hydrogen-bond acceptors (Lipinski definition) is 3. The third kappa shape index (κ3) is 2.76. The third-order valence-corrected chi connectivity index (χ3v) is 4.17. The summed E-state index contributed by atoms with van der Waals surface area (Å²) in [4.78, 5) is 2.50. The molecule has 0 heterocycles. The molecule has 0 spiro atoms. The average Bonchev–Trinajstić information content (AvgIpc) is 2.47. The Balaban J connectivity index is 2.67. The van der Waals surface area contributed by atoms with Gasteiger partial charge in [-0.25, -0.2) is 0 Å². The molecular formula is C13H28N2O. The first-order chi connectivity index (χ1) is 7.44. The van der Waals surface area contributed by atoms with Gasteiger partial charge in [-0.05, 0) is 31.7 Å². The predicted molar refractivity (Wildman–Crippen MR) is 68.5 cm³/mol. The number of likely N-dealkylation sites (N-methyl/N-ethyl adjacent to an activating group) is 1. The van der Waals surface area contributed by atoms with Gasteiger partial charge in [0.25, 0.3) is 0 Å². The molecule has 3 heteroatoms. The van der Waals surface area contributed by atoms with Crippen molar-refractivity contribution in [1.82, 2.24) is 4.90 Å². The molecule has 3 nitrogen and oxygen atoms in total. The SMILES string of the molecule is CCN(C(C)COC)C1CCC(C)(C)C1N. The minimum atomic E-state index is 0.283. The summed E-state index contributed by atoms with van der Waals surface area (Å²) in [6.45, 7) is 10.9. The Morgan fingerprint density at radius 1 is 1.50 bits per heavy atom. The van der Waals surface area contributed by atoms with E-state index >= 15 is 0 Å². The lowest BCUT2D eigenvalue weighted by Gasteiger charge is -2.37. The molecule has 0 aromatic rings. The Kier molecular flexibility index (Phi) is 4.77. The maximum Gasteiger partial charge on any atom is 0.0615 e. The second kappa shape index (κ2) is 5.48. The Hall–Kier alpha value is -0.120. The van der Waals surface area contributed by atoms with Gasteiger partial charge in [-0.2, -0.15) is 0 Å². The molecule has 0 aliphatic heterocycles. The Morgan fingerprint density at radius 3 is 2.50 bits per heavy atom. The van der Waals surface area contributed by atoms with Gasteiger partial charge in [0.2, 0.25) is 0 Å². The Labute approximate surface area is 100 Å². The molecule has 0 radical (unpaired) electrons. The van der Waals surface area contributed by atoms with E-state index in [-0.39, 0.29) is 11.5 Å². The number of ether oxygens (including phenoxy) is 1. The van der Waals surface area contributed by atoms with Crippen molar-refractivity contribution < 1.29 is 4.74 Å². The zero-order chi connectivity index (χ0) is 12.3. The number of methoxy groups -OCH3 is 1. The first-order valence-electron chi connectivity index (χ1n) is 6.44. The lowest BCUT2D eigenvalue weighted by molar-refractivity contribution is 0.0643. The van der Waals surface area contributed by atoms with Crippen LogP contribution in [0.15, 0.2) is 0 Å². The van der Waals surface area contributed by atoms with Crippen LogP contribution in [0.4, 0.5) is 0 Å². The van der Waals surface area contributed by atoms with Crippen LogP contribution in [-0.2, 0) is 4.74 Å². The van der Waals surface area contributed by atoms with Crippen LogP contribution in [0.2, 0.25) is 0 Å². The summed E-state index contributed by atoms with van der Waals surface area (Å²) >= 11 is 0. The quantitative estimate of drug-likeness (QED) is 0.780. The van der Waals surface area contributed by atoms with Crippen molar-refractivity contribution in [2.75, 3.05) is 20.3 Å². The summed E-state index contributed by atoms with van der Waals surface area (Å²) in [5.74, 6) is 0. The lowest BCUT2D eigenvalue weighted by Crippen LogP contribution is -2.53. The third-order valence-electron chi connectivity index (χ3n) is 4.17. The van der Waals surface area contributed by atoms with Gasteiger partial charge < -0.3 is 10.5 Å². The van der Waals surface area contributed by atoms with Gasteiger partial charge in [-0.1, -0.05) is 20.8 Å². The fraction of sp³-hybridized carbons (Fsp3) is 1.00. The van der Waals surface area contributed by atoms with Crippen LogP contribution in [0.3, 0.4) is 0 Å². The van der Waals surface area contributed by atoms with E-state index in [0.29, 0.717) is 12.1 Å². The van der Waals surface area contributed by atoms with Gasteiger partial charge in [0.15, 0.2) is 0 Å². The van der Waals surface area contributed by atoms with Crippen molar-refractivity contribution in [3.63, 3.8) is 0 Å². The molecule has 16 heavy (non-hydrogen) atoms. The minimum Gasteiger partial charge on any atom is -0.383 e. The van der Waals surface area contributed by atoms with Crippen molar-refractivity contribution in [2.45, 2.75) is 58.7 Å². The Bertz CT molecular complexity index is 218. The fourth-order valence-electron chi connectivity index (χ4n) is 2.97. The fourth-order valence-corrected chi connectivity index (χ4v) is 2.97. The van der Waals surface area contributed by atoms with Crippen molar-refractivity contribution >= 4 is 0 Å². The Morgan fingerprint density at radius 2 is 2.12 bits per heavy atom. The first-order valence-corrected chi connectivity index (χ1v) is 6.44. The van der Waals surface area contributed by atoms with E-state index in [1.165, 1.54) is 12.8 Å². The molecule has 3 atom stereocenters. The van der Waals surface area contributed by atoms with Crippen molar-refractivity contribution in [3.05, 3.63) is 0 Å². The van der Waals surface area contributed by atoms with E-state index in [1.54, 1.807) is 7.11 Å². The monoisotopic (exact) mass is 228 g/mol. The summed E-state index contributed by atoms with van der Waals surface area (Å²) in [5, 5.41) is 0. The van der Waals surface area contributed by atoms with Gasteiger partial charge in [0.05, 0.1) is 6.61 Å². The molecule has 3 unspecified atom stereocenters. The lowest BCUT2D eigenvalue weighted by atomic mass is 9.87. The molecule has 0 bridgehead atoms. The minimum absolute atomic E-state index is 0.283. The molecule has 0 aromatic carbocycles. The van der Waals surface area contributed by atoms with Crippen LogP contribution in [0.25, 0.3) is 0 Å². The number of nitrogens with two attached hydrogens (primary N) is 1. The van der Waals surface area contributed by atoms with Crippen LogP contribution < -0.4 is 5.73 Å². The largest absolute Gasteiger partial charge is 0.383 e. The highest BCUT2D eigenvalue weighted by Gasteiger charge is 2.42. The molecule has 1 aliphatic carbocycles. The van der Waals surface area contributed by atoms with Crippen molar-refractivity contribution in [2.24, 2.45) is 11.1 Å². The average molecular weight is 228 g/mol. The van der Waals surface area contributed by atoms with Gasteiger partial charge in [-0.15, -0.1) is 0 Å². The summed E-state index contributed by atoms with van der Waals surface area (Å²) in [6, 6.07) is 1.26. The normalized spacial score (nSPS) is 30.9. The summed E-state index contributed by atoms with van der Waals surface area (Å²) < 4.78 is 5.25. The summed E-state index contributed by atoms with van der Waals surface area (Å²) in [7, 11) is 1.77. The summed E-state index contributed by atoms with van der Waals surface area (Å²) in [5.41, 5.74) is 6.67. The van der Waals surface area contributed by atoms with Crippen molar-refractivity contribution in [3.8, 4) is 0 Å². The van der Waals surface area contributed by atoms with E-state index in [4.69, 9.17) is 10.5 Å². The molecule has 1 aliphatic rings. The number of nitrogens with zero attached hydrogens (tertiary/aromatic N) is 1. The molecule has 0 aromatic heterocycles. The van der Waals surface area contributed by atoms with Gasteiger partial charge >= 0.3 is 0 Å². The molecule has 1 rings (SSSR count). The molecule has 96 valence electrons. The van der Waals surface area contributed by atoms with Gasteiger partial charge in [-0.3, -0.25) is 4.90 Å². The van der Waals surface area contributed by atoms with Crippen molar-refractivity contribution in [1.29, 1.82) is 0 Å². The topological polar surface area (TPSA) is 38.5 Å². The zero-order valence-corrected chi connectivity index (χ0v) is 11.5. The van der Waals surface area contributed by atoms with E-state index in [1.807, 2.05) is 0 Å². The second-order valence-electron chi connectivity index (χ2n) is 5.76. The molecule has 1 saturated carbocycles. The first kappa shape index (κ1) is 13.9. The van der Waals surface area contributed by atoms with Crippen LogP contribution >= 0.6 is 0 Å². The van der Waals surface area contributed by atoms with E-state index in [0.717, 1.165) is 13.2 Å². The highest BCUT2D eigenvalue weighted by molar-refractivity contribution is 4.99. The number of rotatable bonds is 5. The van der Waals surface area contributed by atoms with E-state index in [9.17, 15) is 0 Å². The van der Waals surface area contributed by atoms with Gasteiger partial charge in [0.1, 0.15) is 0 Å². The molecule has 0 saturated heterocycles. The molecular weight excluding hydrogens is 200 g/mol. The van der Waals surface area contributed by atoms with Crippen LogP contribution in [0, 0.1) is 5.41 Å². The molecule has 2 N–H and O–H groups in total.